The Kier molecular flexibility index (Phi) is 4.93. The van der Waals surface area contributed by atoms with Crippen LogP contribution in [0.5, 0.6) is 0 Å². The van der Waals surface area contributed by atoms with Crippen molar-refractivity contribution < 1.29 is 9.84 Å². The van der Waals surface area contributed by atoms with Crippen LogP contribution in [0, 0.1) is 0 Å². The Morgan fingerprint density at radius 1 is 1.33 bits per heavy atom. The molecule has 1 rings (SSSR count). The molecule has 0 aliphatic carbocycles. The van der Waals surface area contributed by atoms with Crippen LogP contribution in [0.2, 0.25) is 0 Å². The molecule has 0 atom stereocenters. The summed E-state index contributed by atoms with van der Waals surface area (Å²) < 4.78 is 5.02. The van der Waals surface area contributed by atoms with Crippen LogP contribution in [0.25, 0.3) is 0 Å². The quantitative estimate of drug-likeness (QED) is 0.679. The number of nitrogen functional groups attached to an aromatic ring is 1. The molecule has 0 fully saturated rings. The predicted molar refractivity (Wildman–Crippen MR) is 62.0 cm³/mol. The average molecular weight is 210 g/mol. The molecule has 0 heterocycles. The first kappa shape index (κ1) is 11.8. The van der Waals surface area contributed by atoms with Crippen LogP contribution in [0.1, 0.15) is 0 Å². The number of benzene rings is 1. The van der Waals surface area contributed by atoms with E-state index in [1.807, 2.05) is 29.2 Å². The highest BCUT2D eigenvalue weighted by atomic mass is 16.5. The normalized spacial score (nSPS) is 10.3. The number of methoxy groups -OCH3 is 1. The molecule has 15 heavy (non-hydrogen) atoms. The number of rotatable bonds is 6. The maximum absolute atomic E-state index is 8.96. The van der Waals surface area contributed by atoms with E-state index < -0.39 is 0 Å². The molecule has 1 aromatic rings. The van der Waals surface area contributed by atoms with E-state index in [0.717, 1.165) is 17.9 Å². The lowest BCUT2D eigenvalue weighted by molar-refractivity contribution is 0.203. The van der Waals surface area contributed by atoms with Crippen molar-refractivity contribution in [2.75, 3.05) is 44.0 Å². The zero-order valence-corrected chi connectivity index (χ0v) is 9.02. The Morgan fingerprint density at radius 3 is 2.67 bits per heavy atom. The van der Waals surface area contributed by atoms with Crippen molar-refractivity contribution in [2.24, 2.45) is 0 Å². The number of aliphatic hydroxyl groups excluding tert-OH is 1. The van der Waals surface area contributed by atoms with Crippen molar-refractivity contribution in [1.29, 1.82) is 0 Å². The summed E-state index contributed by atoms with van der Waals surface area (Å²) in [7, 11) is 1.66. The molecule has 4 heteroatoms. The number of nitrogens with zero attached hydrogens (tertiary/aromatic N) is 1. The van der Waals surface area contributed by atoms with Crippen molar-refractivity contribution in [3.63, 3.8) is 0 Å². The van der Waals surface area contributed by atoms with Gasteiger partial charge in [0, 0.05) is 20.2 Å². The topological polar surface area (TPSA) is 58.7 Å². The second-order valence-corrected chi connectivity index (χ2v) is 3.26. The Bertz CT molecular complexity index is 292. The smallest absolute Gasteiger partial charge is 0.0637 e. The maximum Gasteiger partial charge on any atom is 0.0637 e. The molecular formula is C11H18N2O2. The van der Waals surface area contributed by atoms with Gasteiger partial charge in [-0.1, -0.05) is 12.1 Å². The van der Waals surface area contributed by atoms with E-state index in [9.17, 15) is 0 Å². The van der Waals surface area contributed by atoms with E-state index in [0.29, 0.717) is 13.2 Å². The van der Waals surface area contributed by atoms with Gasteiger partial charge in [-0.15, -0.1) is 0 Å². The fourth-order valence-corrected chi connectivity index (χ4v) is 1.45. The van der Waals surface area contributed by atoms with Crippen LogP contribution in [0.4, 0.5) is 11.4 Å². The first-order valence-electron chi connectivity index (χ1n) is 4.99. The van der Waals surface area contributed by atoms with Gasteiger partial charge in [0.1, 0.15) is 0 Å². The molecule has 0 aliphatic heterocycles. The molecule has 84 valence electrons. The molecule has 0 aliphatic rings. The first-order valence-corrected chi connectivity index (χ1v) is 4.99. The van der Waals surface area contributed by atoms with Gasteiger partial charge in [0.25, 0.3) is 0 Å². The monoisotopic (exact) mass is 210 g/mol. The highest BCUT2D eigenvalue weighted by Crippen LogP contribution is 2.21. The minimum Gasteiger partial charge on any atom is -0.397 e. The highest BCUT2D eigenvalue weighted by Gasteiger charge is 2.07. The zero-order chi connectivity index (χ0) is 11.1. The molecule has 4 nitrogen and oxygen atoms in total. The van der Waals surface area contributed by atoms with Crippen LogP contribution < -0.4 is 10.6 Å². The fourth-order valence-electron chi connectivity index (χ4n) is 1.45. The van der Waals surface area contributed by atoms with Gasteiger partial charge in [-0.25, -0.2) is 0 Å². The van der Waals surface area contributed by atoms with E-state index >= 15 is 0 Å². The molecule has 0 saturated carbocycles. The third-order valence-electron chi connectivity index (χ3n) is 2.21. The third kappa shape index (κ3) is 3.42. The Balaban J connectivity index is 2.74. The largest absolute Gasteiger partial charge is 0.397 e. The lowest BCUT2D eigenvalue weighted by atomic mass is 10.2. The van der Waals surface area contributed by atoms with Crippen molar-refractivity contribution in [1.82, 2.24) is 0 Å². The van der Waals surface area contributed by atoms with E-state index in [2.05, 4.69) is 0 Å². The standard InChI is InChI=1S/C11H18N2O2/c1-15-9-7-13(6-8-14)11-5-3-2-4-10(11)12/h2-5,14H,6-9,12H2,1H3. The molecule has 0 amide bonds. The predicted octanol–water partition coefficient (Wildman–Crippen LogP) is 0.714. The lowest BCUT2D eigenvalue weighted by Crippen LogP contribution is -2.30. The van der Waals surface area contributed by atoms with Crippen LogP contribution in [-0.4, -0.2) is 38.5 Å². The maximum atomic E-state index is 8.96. The summed E-state index contributed by atoms with van der Waals surface area (Å²) in [6.45, 7) is 2.02. The molecular weight excluding hydrogens is 192 g/mol. The van der Waals surface area contributed by atoms with Gasteiger partial charge in [0.05, 0.1) is 24.6 Å². The molecule has 0 saturated heterocycles. The van der Waals surface area contributed by atoms with Crippen molar-refractivity contribution in [3.05, 3.63) is 24.3 Å². The van der Waals surface area contributed by atoms with Crippen molar-refractivity contribution in [2.45, 2.75) is 0 Å². The number of para-hydroxylation sites is 2. The number of nitrogens with two attached hydrogens (primary N) is 1. The number of hydrogen-bond acceptors (Lipinski definition) is 4. The molecule has 0 spiro atoms. The van der Waals surface area contributed by atoms with Gasteiger partial charge in [-0.2, -0.15) is 0 Å². The Hall–Kier alpha value is -1.26. The number of ether oxygens (including phenoxy) is 1. The molecule has 1 aromatic carbocycles. The van der Waals surface area contributed by atoms with Crippen LogP contribution in [0.15, 0.2) is 24.3 Å². The lowest BCUT2D eigenvalue weighted by Gasteiger charge is -2.24. The average Bonchev–Trinajstić information content (AvgIpc) is 2.25. The Labute approximate surface area is 90.3 Å². The van der Waals surface area contributed by atoms with E-state index in [-0.39, 0.29) is 6.61 Å². The summed E-state index contributed by atoms with van der Waals surface area (Å²) in [5, 5.41) is 8.96. The number of aliphatic hydroxyl groups is 1. The summed E-state index contributed by atoms with van der Waals surface area (Å²) in [6.07, 6.45) is 0. The van der Waals surface area contributed by atoms with E-state index in [1.54, 1.807) is 7.11 Å². The van der Waals surface area contributed by atoms with Gasteiger partial charge in [0.15, 0.2) is 0 Å². The van der Waals surface area contributed by atoms with Crippen LogP contribution in [-0.2, 0) is 4.74 Å². The molecule has 0 aromatic heterocycles. The van der Waals surface area contributed by atoms with E-state index in [4.69, 9.17) is 15.6 Å². The summed E-state index contributed by atoms with van der Waals surface area (Å²) >= 11 is 0. The van der Waals surface area contributed by atoms with Crippen LogP contribution in [0.3, 0.4) is 0 Å². The minimum absolute atomic E-state index is 0.109. The van der Waals surface area contributed by atoms with Gasteiger partial charge >= 0.3 is 0 Å². The summed E-state index contributed by atoms with van der Waals surface area (Å²) in [4.78, 5) is 2.01. The third-order valence-corrected chi connectivity index (χ3v) is 2.21. The minimum atomic E-state index is 0.109. The zero-order valence-electron chi connectivity index (χ0n) is 9.02. The van der Waals surface area contributed by atoms with E-state index in [1.165, 1.54) is 0 Å². The second kappa shape index (κ2) is 6.27. The second-order valence-electron chi connectivity index (χ2n) is 3.26. The van der Waals surface area contributed by atoms with Crippen LogP contribution >= 0.6 is 0 Å². The van der Waals surface area contributed by atoms with Gasteiger partial charge in [-0.3, -0.25) is 0 Å². The molecule has 0 unspecified atom stereocenters. The summed E-state index contributed by atoms with van der Waals surface area (Å²) in [5.74, 6) is 0. The van der Waals surface area contributed by atoms with Crippen molar-refractivity contribution in [3.8, 4) is 0 Å². The highest BCUT2D eigenvalue weighted by molar-refractivity contribution is 5.67. The van der Waals surface area contributed by atoms with Gasteiger partial charge in [0.2, 0.25) is 0 Å². The van der Waals surface area contributed by atoms with Gasteiger partial charge < -0.3 is 20.5 Å². The summed E-state index contributed by atoms with van der Waals surface area (Å²) in [6, 6.07) is 7.63. The summed E-state index contributed by atoms with van der Waals surface area (Å²) in [5.41, 5.74) is 7.53. The first-order chi connectivity index (χ1) is 7.29. The SMILES string of the molecule is COCCN(CCO)c1ccccc1N. The Morgan fingerprint density at radius 2 is 2.07 bits per heavy atom. The molecule has 3 N–H and O–H groups in total. The van der Waals surface area contributed by atoms with Gasteiger partial charge in [-0.05, 0) is 12.1 Å². The van der Waals surface area contributed by atoms with Crippen molar-refractivity contribution >= 4 is 11.4 Å². The molecule has 0 bridgehead atoms. The fraction of sp³-hybridized carbons (Fsp3) is 0.455. The number of anilines is 2. The number of hydrogen-bond donors (Lipinski definition) is 2. The molecule has 0 radical (unpaired) electrons.